The number of nitro groups is 1. The number of aromatic nitrogens is 1. The number of carboxylic acid groups (broad SMARTS) is 1. The first-order valence-corrected chi connectivity index (χ1v) is 5.20. The molecular formula is C12H10N2O4. The quantitative estimate of drug-likeness (QED) is 0.509. The molecule has 1 aromatic heterocycles. The van der Waals surface area contributed by atoms with Crippen LogP contribution in [0, 0.1) is 10.1 Å². The Bertz CT molecular complexity index is 643. The second kappa shape index (κ2) is 4.70. The third-order valence-corrected chi connectivity index (χ3v) is 2.53. The van der Waals surface area contributed by atoms with Crippen molar-refractivity contribution in [3.8, 4) is 0 Å². The van der Waals surface area contributed by atoms with Crippen molar-refractivity contribution in [1.82, 2.24) is 4.57 Å². The lowest BCUT2D eigenvalue weighted by Gasteiger charge is -2.00. The Balaban J connectivity index is 2.36. The van der Waals surface area contributed by atoms with E-state index in [2.05, 4.69) is 0 Å². The average molecular weight is 246 g/mol. The maximum atomic E-state index is 10.7. The Morgan fingerprint density at radius 2 is 2.22 bits per heavy atom. The fourth-order valence-corrected chi connectivity index (χ4v) is 1.71. The Kier molecular flexibility index (Phi) is 3.09. The van der Waals surface area contributed by atoms with Gasteiger partial charge in [-0.15, -0.1) is 0 Å². The number of carboxylic acids is 1. The number of aliphatic carboxylic acids is 1. The molecule has 6 nitrogen and oxygen atoms in total. The summed E-state index contributed by atoms with van der Waals surface area (Å²) in [5.74, 6) is -1.02. The van der Waals surface area contributed by atoms with Gasteiger partial charge in [-0.05, 0) is 12.1 Å². The highest BCUT2D eigenvalue weighted by Crippen LogP contribution is 2.21. The largest absolute Gasteiger partial charge is 0.478 e. The van der Waals surface area contributed by atoms with Gasteiger partial charge >= 0.3 is 5.97 Å². The maximum absolute atomic E-state index is 10.7. The monoisotopic (exact) mass is 246 g/mol. The Morgan fingerprint density at radius 3 is 2.89 bits per heavy atom. The Hall–Kier alpha value is -2.63. The van der Waals surface area contributed by atoms with Crippen molar-refractivity contribution in [2.24, 2.45) is 0 Å². The summed E-state index contributed by atoms with van der Waals surface area (Å²) >= 11 is 0. The van der Waals surface area contributed by atoms with E-state index >= 15 is 0 Å². The molecule has 0 saturated carbocycles. The number of allylic oxidation sites excluding steroid dienone is 1. The zero-order chi connectivity index (χ0) is 13.1. The van der Waals surface area contributed by atoms with Crippen molar-refractivity contribution < 1.29 is 14.8 Å². The van der Waals surface area contributed by atoms with Gasteiger partial charge in [0.2, 0.25) is 0 Å². The average Bonchev–Trinajstić information content (AvgIpc) is 2.71. The van der Waals surface area contributed by atoms with Crippen LogP contribution in [0.25, 0.3) is 10.9 Å². The highest BCUT2D eigenvalue weighted by Gasteiger charge is 2.08. The second-order valence-corrected chi connectivity index (χ2v) is 3.71. The number of nitro benzene ring substituents is 1. The maximum Gasteiger partial charge on any atom is 0.328 e. The molecule has 2 rings (SSSR count). The third-order valence-electron chi connectivity index (χ3n) is 2.53. The van der Waals surface area contributed by atoms with E-state index in [0.29, 0.717) is 12.1 Å². The number of hydrogen-bond acceptors (Lipinski definition) is 3. The lowest BCUT2D eigenvalue weighted by Crippen LogP contribution is -1.95. The predicted octanol–water partition coefficient (Wildman–Crippen LogP) is 2.19. The lowest BCUT2D eigenvalue weighted by molar-refractivity contribution is -0.384. The third kappa shape index (κ3) is 2.37. The molecule has 0 aliphatic rings. The molecule has 6 heteroatoms. The molecule has 1 aromatic carbocycles. The fourth-order valence-electron chi connectivity index (χ4n) is 1.71. The fraction of sp³-hybridized carbons (Fsp3) is 0.0833. The summed E-state index contributed by atoms with van der Waals surface area (Å²) in [6.45, 7) is 0.358. The SMILES string of the molecule is O=C(O)/C=C/Cn1ccc2ccc([N+](=O)[O-])cc21. The summed E-state index contributed by atoms with van der Waals surface area (Å²) in [4.78, 5) is 20.6. The topological polar surface area (TPSA) is 85.4 Å². The van der Waals surface area contributed by atoms with Crippen molar-refractivity contribution in [3.05, 3.63) is 52.7 Å². The predicted molar refractivity (Wildman–Crippen MR) is 65.4 cm³/mol. The minimum atomic E-state index is -1.02. The van der Waals surface area contributed by atoms with Gasteiger partial charge in [-0.2, -0.15) is 0 Å². The van der Waals surface area contributed by atoms with Crippen LogP contribution >= 0.6 is 0 Å². The lowest BCUT2D eigenvalue weighted by atomic mass is 10.2. The standard InChI is InChI=1S/C12H10N2O4/c15-12(16)2-1-6-13-7-5-9-3-4-10(14(17)18)8-11(9)13/h1-5,7-8H,6H2,(H,15,16)/b2-1+. The van der Waals surface area contributed by atoms with Crippen LogP contribution in [-0.2, 0) is 11.3 Å². The summed E-state index contributed by atoms with van der Waals surface area (Å²) in [7, 11) is 0. The van der Waals surface area contributed by atoms with Gasteiger partial charge in [-0.25, -0.2) is 4.79 Å². The number of non-ortho nitro benzene ring substituents is 1. The van der Waals surface area contributed by atoms with Crippen LogP contribution in [0.4, 0.5) is 5.69 Å². The molecule has 92 valence electrons. The van der Waals surface area contributed by atoms with E-state index in [0.717, 1.165) is 11.5 Å². The smallest absolute Gasteiger partial charge is 0.328 e. The molecular weight excluding hydrogens is 236 g/mol. The summed E-state index contributed by atoms with van der Waals surface area (Å²) in [5, 5.41) is 20.1. The van der Waals surface area contributed by atoms with Gasteiger partial charge in [0, 0.05) is 36.3 Å². The number of nitrogens with zero attached hydrogens (tertiary/aromatic N) is 2. The minimum Gasteiger partial charge on any atom is -0.478 e. The molecule has 0 amide bonds. The number of rotatable bonds is 4. The van der Waals surface area contributed by atoms with E-state index < -0.39 is 10.9 Å². The van der Waals surface area contributed by atoms with E-state index in [1.165, 1.54) is 18.2 Å². The van der Waals surface area contributed by atoms with Crippen LogP contribution < -0.4 is 0 Å². The summed E-state index contributed by atoms with van der Waals surface area (Å²) < 4.78 is 1.75. The van der Waals surface area contributed by atoms with E-state index in [1.807, 2.05) is 6.07 Å². The second-order valence-electron chi connectivity index (χ2n) is 3.71. The first kappa shape index (κ1) is 11.8. The molecule has 1 heterocycles. The molecule has 0 fully saturated rings. The molecule has 0 unspecified atom stereocenters. The molecule has 0 atom stereocenters. The number of benzene rings is 1. The zero-order valence-electron chi connectivity index (χ0n) is 9.31. The first-order chi connectivity index (χ1) is 8.58. The van der Waals surface area contributed by atoms with Gasteiger partial charge in [0.15, 0.2) is 0 Å². The molecule has 0 bridgehead atoms. The molecule has 0 aliphatic carbocycles. The van der Waals surface area contributed by atoms with E-state index in [-0.39, 0.29) is 5.69 Å². The van der Waals surface area contributed by atoms with Crippen LogP contribution in [0.3, 0.4) is 0 Å². The number of fused-ring (bicyclic) bond motifs is 1. The van der Waals surface area contributed by atoms with Gasteiger partial charge < -0.3 is 9.67 Å². The zero-order valence-corrected chi connectivity index (χ0v) is 9.31. The van der Waals surface area contributed by atoms with E-state index in [1.54, 1.807) is 16.8 Å². The van der Waals surface area contributed by atoms with Crippen LogP contribution in [-0.4, -0.2) is 20.6 Å². The normalized spacial score (nSPS) is 11.1. The molecule has 0 radical (unpaired) electrons. The van der Waals surface area contributed by atoms with Crippen molar-refractivity contribution in [1.29, 1.82) is 0 Å². The van der Waals surface area contributed by atoms with Gasteiger partial charge in [0.05, 0.1) is 10.4 Å². The summed E-state index contributed by atoms with van der Waals surface area (Å²) in [6.07, 6.45) is 4.30. The number of hydrogen-bond donors (Lipinski definition) is 1. The van der Waals surface area contributed by atoms with Crippen molar-refractivity contribution in [2.45, 2.75) is 6.54 Å². The van der Waals surface area contributed by atoms with Crippen molar-refractivity contribution >= 4 is 22.6 Å². The van der Waals surface area contributed by atoms with Crippen molar-refractivity contribution in [3.63, 3.8) is 0 Å². The van der Waals surface area contributed by atoms with Gasteiger partial charge in [0.25, 0.3) is 5.69 Å². The highest BCUT2D eigenvalue weighted by molar-refractivity contribution is 5.82. The molecule has 18 heavy (non-hydrogen) atoms. The van der Waals surface area contributed by atoms with Crippen LogP contribution in [0.5, 0.6) is 0 Å². The van der Waals surface area contributed by atoms with E-state index in [4.69, 9.17) is 5.11 Å². The van der Waals surface area contributed by atoms with Gasteiger partial charge in [-0.1, -0.05) is 6.08 Å². The molecule has 2 aromatic rings. The Labute approximate surface area is 102 Å². The van der Waals surface area contributed by atoms with Crippen LogP contribution in [0.1, 0.15) is 0 Å². The molecule has 0 spiro atoms. The highest BCUT2D eigenvalue weighted by atomic mass is 16.6. The summed E-state index contributed by atoms with van der Waals surface area (Å²) in [5.41, 5.74) is 0.726. The Morgan fingerprint density at radius 1 is 1.44 bits per heavy atom. The minimum absolute atomic E-state index is 0.0182. The van der Waals surface area contributed by atoms with Gasteiger partial charge in [0.1, 0.15) is 0 Å². The van der Waals surface area contributed by atoms with Crippen LogP contribution in [0.2, 0.25) is 0 Å². The van der Waals surface area contributed by atoms with E-state index in [9.17, 15) is 14.9 Å². The summed E-state index contributed by atoms with van der Waals surface area (Å²) in [6, 6.07) is 6.42. The number of carbonyl (C=O) groups is 1. The molecule has 0 aliphatic heterocycles. The first-order valence-electron chi connectivity index (χ1n) is 5.20. The van der Waals surface area contributed by atoms with Gasteiger partial charge in [-0.3, -0.25) is 10.1 Å². The van der Waals surface area contributed by atoms with Crippen LogP contribution in [0.15, 0.2) is 42.6 Å². The molecule has 1 N–H and O–H groups in total. The molecule has 0 saturated heterocycles. The van der Waals surface area contributed by atoms with Crippen molar-refractivity contribution in [2.75, 3.05) is 0 Å².